The first-order valence-corrected chi connectivity index (χ1v) is 8.48. The van der Waals surface area contributed by atoms with Gasteiger partial charge in [0, 0.05) is 28.8 Å². The van der Waals surface area contributed by atoms with Gasteiger partial charge in [-0.2, -0.15) is 4.73 Å². The number of hydrogen-bond acceptors (Lipinski definition) is 4. The molecule has 0 N–H and O–H groups in total. The summed E-state index contributed by atoms with van der Waals surface area (Å²) >= 11 is 9.22. The van der Waals surface area contributed by atoms with E-state index in [0.717, 1.165) is 21.0 Å². The molecule has 106 valence electrons. The first-order chi connectivity index (χ1) is 10.2. The van der Waals surface area contributed by atoms with Gasteiger partial charge in [0.1, 0.15) is 5.01 Å². The van der Waals surface area contributed by atoms with Gasteiger partial charge in [-0.1, -0.05) is 29.8 Å². The van der Waals surface area contributed by atoms with Crippen LogP contribution in [0.25, 0.3) is 10.6 Å². The fourth-order valence-electron chi connectivity index (χ4n) is 1.80. The smallest absolute Gasteiger partial charge is 0.251 e. The van der Waals surface area contributed by atoms with E-state index in [9.17, 15) is 5.21 Å². The van der Waals surface area contributed by atoms with E-state index in [1.54, 1.807) is 23.5 Å². The molecular weight excluding hydrogens is 324 g/mol. The van der Waals surface area contributed by atoms with Crippen molar-refractivity contribution in [2.45, 2.75) is 10.8 Å². The summed E-state index contributed by atoms with van der Waals surface area (Å²) in [6.45, 7) is 0. The van der Waals surface area contributed by atoms with Gasteiger partial charge >= 0.3 is 0 Å². The number of nitrogens with zero attached hydrogens (tertiary/aromatic N) is 2. The molecule has 0 radical (unpaired) electrons. The minimum Gasteiger partial charge on any atom is -0.618 e. The summed E-state index contributed by atoms with van der Waals surface area (Å²) in [7, 11) is 0. The van der Waals surface area contributed by atoms with E-state index < -0.39 is 0 Å². The number of benzene rings is 1. The minimum absolute atomic E-state index is 0.660. The van der Waals surface area contributed by atoms with Gasteiger partial charge in [0.05, 0.1) is 10.7 Å². The number of hydrogen-bond donors (Lipinski definition) is 0. The van der Waals surface area contributed by atoms with Crippen molar-refractivity contribution in [3.05, 3.63) is 70.0 Å². The molecule has 0 aliphatic heterocycles. The molecule has 2 aromatic heterocycles. The fourth-order valence-corrected chi connectivity index (χ4v) is 3.86. The number of thiazole rings is 1. The quantitative estimate of drug-likeness (QED) is 0.403. The van der Waals surface area contributed by atoms with Crippen LogP contribution in [0.3, 0.4) is 0 Å². The highest BCUT2D eigenvalue weighted by Gasteiger charge is 2.10. The van der Waals surface area contributed by atoms with Gasteiger partial charge in [-0.3, -0.25) is 0 Å². The van der Waals surface area contributed by atoms with Crippen LogP contribution in [0, 0.1) is 5.21 Å². The zero-order valence-electron chi connectivity index (χ0n) is 10.9. The molecule has 0 atom stereocenters. The van der Waals surface area contributed by atoms with E-state index in [2.05, 4.69) is 4.98 Å². The molecule has 1 aromatic carbocycles. The van der Waals surface area contributed by atoms with Crippen LogP contribution in [0.4, 0.5) is 0 Å². The van der Waals surface area contributed by atoms with Gasteiger partial charge in [0.2, 0.25) is 0 Å². The van der Waals surface area contributed by atoms with E-state index in [1.807, 2.05) is 35.7 Å². The Morgan fingerprint density at radius 1 is 1.19 bits per heavy atom. The Morgan fingerprint density at radius 2 is 2.00 bits per heavy atom. The summed E-state index contributed by atoms with van der Waals surface area (Å²) in [4.78, 5) is 4.59. The van der Waals surface area contributed by atoms with Crippen molar-refractivity contribution in [3.8, 4) is 10.6 Å². The van der Waals surface area contributed by atoms with Gasteiger partial charge in [0.15, 0.2) is 6.20 Å². The maximum absolute atomic E-state index is 11.6. The van der Waals surface area contributed by atoms with Gasteiger partial charge in [-0.05, 0) is 23.9 Å². The third-order valence-electron chi connectivity index (χ3n) is 2.81. The molecule has 6 heteroatoms. The lowest BCUT2D eigenvalue weighted by Crippen LogP contribution is -2.27. The van der Waals surface area contributed by atoms with E-state index in [0.29, 0.717) is 15.8 Å². The molecule has 2 heterocycles. The standard InChI is InChI=1S/C15H11ClN2OS2/c16-13-6-2-1-5-12(13)15-17-11(10-21-15)9-20-14-7-3-4-8-18(14)19/h1-8,10H,9H2. The second-order valence-electron chi connectivity index (χ2n) is 4.28. The zero-order chi connectivity index (χ0) is 14.7. The molecule has 0 aliphatic rings. The van der Waals surface area contributed by atoms with Crippen LogP contribution in [-0.2, 0) is 5.75 Å². The van der Waals surface area contributed by atoms with E-state index in [1.165, 1.54) is 18.0 Å². The Labute approximate surface area is 135 Å². The Morgan fingerprint density at radius 3 is 2.81 bits per heavy atom. The molecule has 0 spiro atoms. The predicted octanol–water partition coefficient (Wildman–Crippen LogP) is 4.39. The van der Waals surface area contributed by atoms with Gasteiger partial charge < -0.3 is 5.21 Å². The lowest BCUT2D eigenvalue weighted by Gasteiger charge is -2.01. The largest absolute Gasteiger partial charge is 0.618 e. The number of rotatable bonds is 4. The van der Waals surface area contributed by atoms with Crippen LogP contribution >= 0.6 is 34.7 Å². The van der Waals surface area contributed by atoms with Crippen molar-refractivity contribution in [1.82, 2.24) is 4.98 Å². The van der Waals surface area contributed by atoms with Gasteiger partial charge in [-0.15, -0.1) is 11.3 Å². The first kappa shape index (κ1) is 14.4. The molecule has 0 saturated carbocycles. The lowest BCUT2D eigenvalue weighted by atomic mass is 10.2. The first-order valence-electron chi connectivity index (χ1n) is 6.24. The average Bonchev–Trinajstić information content (AvgIpc) is 2.96. The molecule has 0 fully saturated rings. The highest BCUT2D eigenvalue weighted by Crippen LogP contribution is 2.31. The predicted molar refractivity (Wildman–Crippen MR) is 87.5 cm³/mol. The molecule has 0 bridgehead atoms. The van der Waals surface area contributed by atoms with Crippen LogP contribution in [0.15, 0.2) is 59.1 Å². The van der Waals surface area contributed by atoms with Crippen molar-refractivity contribution >= 4 is 34.7 Å². The third kappa shape index (κ3) is 3.37. The molecule has 0 amide bonds. The van der Waals surface area contributed by atoms with E-state index in [-0.39, 0.29) is 0 Å². The number of halogens is 1. The third-order valence-corrected chi connectivity index (χ3v) is 5.12. The summed E-state index contributed by atoms with van der Waals surface area (Å²) in [6, 6.07) is 13.0. The van der Waals surface area contributed by atoms with E-state index in [4.69, 9.17) is 11.6 Å². The van der Waals surface area contributed by atoms with Crippen molar-refractivity contribution in [3.63, 3.8) is 0 Å². The molecular formula is C15H11ClN2OS2. The average molecular weight is 335 g/mol. The zero-order valence-corrected chi connectivity index (χ0v) is 13.3. The molecule has 21 heavy (non-hydrogen) atoms. The molecule has 3 aromatic rings. The molecule has 3 rings (SSSR count). The maximum Gasteiger partial charge on any atom is 0.251 e. The molecule has 0 unspecified atom stereocenters. The normalized spacial score (nSPS) is 10.7. The summed E-state index contributed by atoms with van der Waals surface area (Å²) in [5.74, 6) is 0.660. The molecule has 3 nitrogen and oxygen atoms in total. The van der Waals surface area contributed by atoms with Crippen LogP contribution in [-0.4, -0.2) is 4.98 Å². The maximum atomic E-state index is 11.6. The van der Waals surface area contributed by atoms with Crippen molar-refractivity contribution < 1.29 is 4.73 Å². The van der Waals surface area contributed by atoms with Gasteiger partial charge in [0.25, 0.3) is 5.03 Å². The van der Waals surface area contributed by atoms with Crippen LogP contribution in [0.2, 0.25) is 5.02 Å². The highest BCUT2D eigenvalue weighted by molar-refractivity contribution is 7.98. The second kappa shape index (κ2) is 6.47. The fraction of sp³-hybridized carbons (Fsp3) is 0.0667. The van der Waals surface area contributed by atoms with Gasteiger partial charge in [-0.25, -0.2) is 4.98 Å². The summed E-state index contributed by atoms with van der Waals surface area (Å²) in [5.41, 5.74) is 1.89. The lowest BCUT2D eigenvalue weighted by molar-refractivity contribution is -0.645. The SMILES string of the molecule is [O-][n+]1ccccc1SCc1csc(-c2ccccc2Cl)n1. The Balaban J connectivity index is 1.74. The Bertz CT molecular complexity index is 761. The number of pyridine rings is 1. The summed E-state index contributed by atoms with van der Waals surface area (Å²) in [6.07, 6.45) is 1.50. The second-order valence-corrected chi connectivity index (χ2v) is 6.54. The van der Waals surface area contributed by atoms with Crippen LogP contribution in [0.1, 0.15) is 5.69 Å². The summed E-state index contributed by atoms with van der Waals surface area (Å²) < 4.78 is 0.867. The number of thioether (sulfide) groups is 1. The number of aromatic nitrogens is 2. The van der Waals surface area contributed by atoms with Crippen LogP contribution in [0.5, 0.6) is 0 Å². The molecule has 0 aliphatic carbocycles. The van der Waals surface area contributed by atoms with Crippen LogP contribution < -0.4 is 4.73 Å². The monoisotopic (exact) mass is 334 g/mol. The highest BCUT2D eigenvalue weighted by atomic mass is 35.5. The van der Waals surface area contributed by atoms with Crippen molar-refractivity contribution in [1.29, 1.82) is 0 Å². The summed E-state index contributed by atoms with van der Waals surface area (Å²) in [5, 5.41) is 15.8. The molecule has 0 saturated heterocycles. The Hall–Kier alpha value is -1.56. The Kier molecular flexibility index (Phi) is 4.43. The van der Waals surface area contributed by atoms with E-state index >= 15 is 0 Å². The van der Waals surface area contributed by atoms with Crippen molar-refractivity contribution in [2.75, 3.05) is 0 Å². The minimum atomic E-state index is 0.660. The topological polar surface area (TPSA) is 39.8 Å². The van der Waals surface area contributed by atoms with Crippen molar-refractivity contribution in [2.24, 2.45) is 0 Å².